The third kappa shape index (κ3) is 15.4. The maximum atomic E-state index is 11.9. The van der Waals surface area contributed by atoms with E-state index in [1.165, 1.54) is 173 Å². The summed E-state index contributed by atoms with van der Waals surface area (Å²) >= 11 is 0. The summed E-state index contributed by atoms with van der Waals surface area (Å²) in [6.07, 6.45) is -4.21. The number of rotatable bonds is 2. The molecule has 0 nitrogen and oxygen atoms in total. The van der Waals surface area contributed by atoms with Crippen molar-refractivity contribution in [1.29, 1.82) is 0 Å². The molecule has 0 bridgehead atoms. The van der Waals surface area contributed by atoms with Crippen molar-refractivity contribution in [2.75, 3.05) is 0 Å². The van der Waals surface area contributed by atoms with E-state index in [1.54, 1.807) is 6.92 Å². The second kappa shape index (κ2) is 31.7. The zero-order valence-corrected chi connectivity index (χ0v) is 65.7. The lowest BCUT2D eigenvalue weighted by Gasteiger charge is -2.34. The van der Waals surface area contributed by atoms with Crippen LogP contribution in [0.1, 0.15) is 163 Å². The second-order valence-electron chi connectivity index (χ2n) is 31.4. The molecular weight excluding hydrogens is 1320 g/mol. The summed E-state index contributed by atoms with van der Waals surface area (Å²) < 4.78 is 35.8. The lowest BCUT2D eigenvalue weighted by molar-refractivity contribution is -0.137. The molecule has 0 saturated heterocycles. The lowest BCUT2D eigenvalue weighted by Crippen LogP contribution is -2.28. The highest BCUT2D eigenvalue weighted by molar-refractivity contribution is 5.95. The zero-order valence-electron chi connectivity index (χ0n) is 65.7. The monoisotopic (exact) mass is 1420 g/mol. The molecule has 0 fully saturated rings. The third-order valence-corrected chi connectivity index (χ3v) is 22.1. The van der Waals surface area contributed by atoms with Gasteiger partial charge in [0.15, 0.2) is 0 Å². The van der Waals surface area contributed by atoms with E-state index in [0.717, 1.165) is 17.7 Å². The first kappa shape index (κ1) is 76.5. The van der Waals surface area contributed by atoms with Gasteiger partial charge in [-0.3, -0.25) is 0 Å². The Morgan fingerprint density at radius 1 is 0.222 bits per heavy atom. The van der Waals surface area contributed by atoms with Crippen LogP contribution in [0.25, 0.3) is 44.5 Å². The molecule has 0 aromatic heterocycles. The highest BCUT2D eigenvalue weighted by Crippen LogP contribution is 2.63. The number of alkyl halides is 3. The molecule has 14 aromatic carbocycles. The van der Waals surface area contributed by atoms with Gasteiger partial charge in [0.05, 0.1) is 16.4 Å². The van der Waals surface area contributed by atoms with Crippen LogP contribution < -0.4 is 0 Å². The summed E-state index contributed by atoms with van der Waals surface area (Å²) in [5.74, 6) is 0. The molecule has 0 radical (unpaired) electrons. The van der Waals surface area contributed by atoms with Gasteiger partial charge in [0, 0.05) is 5.41 Å². The van der Waals surface area contributed by atoms with Crippen molar-refractivity contribution in [2.45, 2.75) is 139 Å². The summed E-state index contributed by atoms with van der Waals surface area (Å²) in [6, 6.07) is 114. The van der Waals surface area contributed by atoms with Crippen LogP contribution in [-0.2, 0) is 27.8 Å². The Bertz CT molecular complexity index is 5160. The fourth-order valence-electron chi connectivity index (χ4n) is 16.3. The summed E-state index contributed by atoms with van der Waals surface area (Å²) in [5, 5.41) is 0. The fraction of sp³-hybridized carbons (Fsp3) is 0.200. The van der Waals surface area contributed by atoms with E-state index in [9.17, 15) is 13.2 Å². The van der Waals surface area contributed by atoms with Crippen LogP contribution in [0, 0.1) is 76.2 Å². The molecule has 542 valence electrons. The Hall–Kier alpha value is -11.1. The molecule has 108 heavy (non-hydrogen) atoms. The number of hydrogen-bond acceptors (Lipinski definition) is 0. The maximum absolute atomic E-state index is 11.9. The van der Waals surface area contributed by atoms with E-state index in [2.05, 4.69) is 401 Å². The van der Waals surface area contributed by atoms with Crippen molar-refractivity contribution in [3.63, 3.8) is 0 Å². The van der Waals surface area contributed by atoms with Crippen molar-refractivity contribution in [3.8, 4) is 44.5 Å². The Morgan fingerprint density at radius 3 is 0.833 bits per heavy atom. The van der Waals surface area contributed by atoms with E-state index in [4.69, 9.17) is 0 Å². The van der Waals surface area contributed by atoms with Crippen molar-refractivity contribution in [2.24, 2.45) is 0 Å². The van der Waals surface area contributed by atoms with Crippen LogP contribution in [-0.4, -0.2) is 0 Å². The minimum atomic E-state index is -4.21. The molecule has 18 rings (SSSR count). The average Bonchev–Trinajstić information content (AvgIpc) is 1.52. The Kier molecular flexibility index (Phi) is 22.5. The van der Waals surface area contributed by atoms with Crippen LogP contribution in [0.2, 0.25) is 0 Å². The molecule has 0 heterocycles. The smallest absolute Gasteiger partial charge is 0.166 e. The Balaban J connectivity index is 0.000000123. The van der Waals surface area contributed by atoms with Gasteiger partial charge in [-0.25, -0.2) is 0 Å². The van der Waals surface area contributed by atoms with E-state index < -0.39 is 11.7 Å². The normalized spacial score (nSPS) is 13.2. The maximum Gasteiger partial charge on any atom is 0.416 e. The molecule has 3 heteroatoms. The van der Waals surface area contributed by atoms with E-state index in [-0.39, 0.29) is 21.7 Å². The van der Waals surface area contributed by atoms with Gasteiger partial charge < -0.3 is 0 Å². The standard InChI is InChI=1S/C26H18.C26H20.C16H16.C11H16.C10H14.C8H7F3.C8H10/c1-17-14-15-21-20-10-4-7-13-24(20)26(25(21)16-17)22-11-5-2-8-18(22)19-9-3-6-12-23(19)26;1-19-16-17-23-22-14-8-9-15-24(22)26(25(23)18-19,20-10-4-2-5-11-20)21-12-6-3-7-13-21;1-11-8-9-13-12-6-4-5-7-14(12)16(2,3)15(13)10-11;1-9-5-7-10(8-6-9)11(2,3)4;1-7-5-8(2)10(4)9(3)6-7;1-6-2-4-7(5-3-6)8(9,10)11;1-7-3-5-8(2)6-4-7/h2-16H,1H3;2-18H,1H3;4-10H,1-3H3;5-8H,1-4H3;5-6H,1-4H3;2-5H,1H3;3-6H,1-2H3. The number of hydrogen-bond donors (Lipinski definition) is 0. The summed E-state index contributed by atoms with van der Waals surface area (Å²) in [4.78, 5) is 0. The van der Waals surface area contributed by atoms with Crippen LogP contribution in [0.5, 0.6) is 0 Å². The quantitative estimate of drug-likeness (QED) is 0.162. The fourth-order valence-corrected chi connectivity index (χ4v) is 16.3. The SMILES string of the molecule is Cc1cc(C)c(C)c(C)c1.Cc1ccc(C(C)(C)C)cc1.Cc1ccc(C(F)(F)F)cc1.Cc1ccc(C)cc1.Cc1ccc2c(c1)C(C)(C)c1ccccc1-2.Cc1ccc2c(c1)C(c1ccccc1)(c1ccccc1)c1ccccc1-2.Cc1ccc2c(c1)C1(c3ccccc3-c3ccccc31)c1ccccc1-2. The topological polar surface area (TPSA) is 0 Å². The van der Waals surface area contributed by atoms with E-state index in [1.807, 2.05) is 0 Å². The van der Waals surface area contributed by atoms with Crippen molar-refractivity contribution in [1.82, 2.24) is 0 Å². The zero-order chi connectivity index (χ0) is 76.9. The molecular formula is C105H101F3. The second-order valence-corrected chi connectivity index (χ2v) is 31.4. The van der Waals surface area contributed by atoms with Gasteiger partial charge in [0.25, 0.3) is 0 Å². The van der Waals surface area contributed by atoms with Crippen molar-refractivity contribution >= 4 is 0 Å². The lowest BCUT2D eigenvalue weighted by atomic mass is 9.67. The molecule has 0 atom stereocenters. The summed E-state index contributed by atoms with van der Waals surface area (Å²) in [7, 11) is 0. The molecule has 0 saturated carbocycles. The van der Waals surface area contributed by atoms with Crippen LogP contribution in [0.3, 0.4) is 0 Å². The predicted molar refractivity (Wildman–Crippen MR) is 452 cm³/mol. The van der Waals surface area contributed by atoms with Crippen LogP contribution >= 0.6 is 0 Å². The van der Waals surface area contributed by atoms with Crippen molar-refractivity contribution < 1.29 is 13.2 Å². The first-order valence-corrected chi connectivity index (χ1v) is 37.9. The minimum absolute atomic E-state index is 0.151. The average molecular weight is 1420 g/mol. The van der Waals surface area contributed by atoms with Crippen molar-refractivity contribution in [3.05, 3.63) is 449 Å². The number of benzene rings is 14. The van der Waals surface area contributed by atoms with Gasteiger partial charge in [-0.1, -0.05) is 389 Å². The summed E-state index contributed by atoms with van der Waals surface area (Å²) in [6.45, 7) is 34.6. The van der Waals surface area contributed by atoms with Gasteiger partial charge >= 0.3 is 6.18 Å². The first-order chi connectivity index (χ1) is 51.6. The highest BCUT2D eigenvalue weighted by atomic mass is 19.4. The molecule has 0 N–H and O–H groups in total. The molecule has 0 aliphatic heterocycles. The minimum Gasteiger partial charge on any atom is -0.166 e. The number of fused-ring (bicyclic) bond motifs is 16. The highest BCUT2D eigenvalue weighted by Gasteiger charge is 2.52. The molecule has 4 aliphatic carbocycles. The van der Waals surface area contributed by atoms with Crippen LogP contribution in [0.4, 0.5) is 13.2 Å². The first-order valence-electron chi connectivity index (χ1n) is 37.9. The third-order valence-electron chi connectivity index (χ3n) is 22.1. The van der Waals surface area contributed by atoms with Gasteiger partial charge in [-0.2, -0.15) is 13.2 Å². The Morgan fingerprint density at radius 2 is 0.481 bits per heavy atom. The van der Waals surface area contributed by atoms with E-state index in [0.29, 0.717) is 0 Å². The van der Waals surface area contributed by atoms with Gasteiger partial charge in [-0.15, -0.1) is 0 Å². The number of aryl methyl sites for hydroxylation is 10. The van der Waals surface area contributed by atoms with Crippen LogP contribution in [0.15, 0.2) is 322 Å². The molecule has 0 amide bonds. The predicted octanol–water partition coefficient (Wildman–Crippen LogP) is 28.5. The van der Waals surface area contributed by atoms with E-state index >= 15 is 0 Å². The molecule has 14 aromatic rings. The Labute approximate surface area is 641 Å². The molecule has 0 unspecified atom stereocenters. The van der Waals surface area contributed by atoms with Gasteiger partial charge in [0.2, 0.25) is 0 Å². The summed E-state index contributed by atoms with van der Waals surface area (Å²) in [5.41, 5.74) is 40.1. The molecule has 4 aliphatic rings. The van der Waals surface area contributed by atoms with Gasteiger partial charge in [-0.05, 0) is 216 Å². The number of halogens is 3. The molecule has 1 spiro atoms. The largest absolute Gasteiger partial charge is 0.416 e. The van der Waals surface area contributed by atoms with Gasteiger partial charge in [0.1, 0.15) is 0 Å².